The monoisotopic (exact) mass is 221 g/mol. The highest BCUT2D eigenvalue weighted by molar-refractivity contribution is 7.10. The van der Waals surface area contributed by atoms with Gasteiger partial charge in [0, 0.05) is 23.7 Å². The van der Waals surface area contributed by atoms with Gasteiger partial charge in [0.1, 0.15) is 0 Å². The molecule has 0 fully saturated rings. The zero-order valence-electron chi connectivity index (χ0n) is 9.19. The first-order valence-electron chi connectivity index (χ1n) is 4.93. The van der Waals surface area contributed by atoms with Crippen LogP contribution in [-0.4, -0.2) is 16.8 Å². The second-order valence-electron chi connectivity index (χ2n) is 3.58. The van der Waals surface area contributed by atoms with Crippen LogP contribution in [-0.2, 0) is 7.05 Å². The van der Waals surface area contributed by atoms with Gasteiger partial charge in [-0.15, -0.1) is 11.3 Å². The van der Waals surface area contributed by atoms with E-state index in [0.717, 1.165) is 5.69 Å². The summed E-state index contributed by atoms with van der Waals surface area (Å²) in [5.74, 6) is 0. The van der Waals surface area contributed by atoms with Gasteiger partial charge in [-0.2, -0.15) is 5.10 Å². The van der Waals surface area contributed by atoms with Crippen LogP contribution in [0.5, 0.6) is 0 Å². The molecule has 2 aromatic rings. The molecule has 2 heterocycles. The lowest BCUT2D eigenvalue weighted by Crippen LogP contribution is -2.16. The molecule has 15 heavy (non-hydrogen) atoms. The van der Waals surface area contributed by atoms with Crippen molar-refractivity contribution in [1.29, 1.82) is 0 Å². The molecule has 1 unspecified atom stereocenters. The van der Waals surface area contributed by atoms with E-state index >= 15 is 0 Å². The quantitative estimate of drug-likeness (QED) is 0.860. The standard InChI is InChI=1S/C11H15N3S/c1-8-9(7-14(3)13-8)11(12-2)10-5-4-6-15-10/h4-7,11-12H,1-3H3. The molecule has 80 valence electrons. The number of hydrogen-bond acceptors (Lipinski definition) is 3. The maximum atomic E-state index is 4.37. The molecule has 0 aliphatic heterocycles. The summed E-state index contributed by atoms with van der Waals surface area (Å²) < 4.78 is 1.86. The number of aromatic nitrogens is 2. The second-order valence-corrected chi connectivity index (χ2v) is 4.56. The van der Waals surface area contributed by atoms with Crippen LogP contribution in [0.15, 0.2) is 23.7 Å². The molecular weight excluding hydrogens is 206 g/mol. The molecule has 0 spiro atoms. The van der Waals surface area contributed by atoms with Crippen molar-refractivity contribution in [2.75, 3.05) is 7.05 Å². The Bertz CT molecular complexity index is 431. The van der Waals surface area contributed by atoms with Crippen molar-refractivity contribution in [3.63, 3.8) is 0 Å². The van der Waals surface area contributed by atoms with Gasteiger partial charge in [0.2, 0.25) is 0 Å². The smallest absolute Gasteiger partial charge is 0.0702 e. The van der Waals surface area contributed by atoms with E-state index in [2.05, 4.69) is 34.1 Å². The van der Waals surface area contributed by atoms with Gasteiger partial charge in [0.25, 0.3) is 0 Å². The third kappa shape index (κ3) is 1.96. The molecule has 3 nitrogen and oxygen atoms in total. The fraction of sp³-hybridized carbons (Fsp3) is 0.364. The summed E-state index contributed by atoms with van der Waals surface area (Å²) in [4.78, 5) is 1.33. The first kappa shape index (κ1) is 10.4. The summed E-state index contributed by atoms with van der Waals surface area (Å²) in [5.41, 5.74) is 2.34. The Hall–Kier alpha value is -1.13. The highest BCUT2D eigenvalue weighted by Crippen LogP contribution is 2.27. The van der Waals surface area contributed by atoms with Gasteiger partial charge < -0.3 is 5.32 Å². The van der Waals surface area contributed by atoms with Crippen LogP contribution < -0.4 is 5.32 Å². The number of nitrogens with one attached hydrogen (secondary N) is 1. The molecule has 0 saturated heterocycles. The molecular formula is C11H15N3S. The Morgan fingerprint density at radius 3 is 2.80 bits per heavy atom. The van der Waals surface area contributed by atoms with Crippen molar-refractivity contribution in [3.05, 3.63) is 39.8 Å². The van der Waals surface area contributed by atoms with Crippen molar-refractivity contribution in [3.8, 4) is 0 Å². The van der Waals surface area contributed by atoms with Crippen molar-refractivity contribution < 1.29 is 0 Å². The van der Waals surface area contributed by atoms with E-state index in [1.807, 2.05) is 25.7 Å². The van der Waals surface area contributed by atoms with E-state index in [4.69, 9.17) is 0 Å². The van der Waals surface area contributed by atoms with E-state index in [9.17, 15) is 0 Å². The van der Waals surface area contributed by atoms with Gasteiger partial charge in [0.15, 0.2) is 0 Å². The molecule has 0 aliphatic carbocycles. The Kier molecular flexibility index (Phi) is 2.88. The summed E-state index contributed by atoms with van der Waals surface area (Å²) >= 11 is 1.77. The highest BCUT2D eigenvalue weighted by atomic mass is 32.1. The van der Waals surface area contributed by atoms with Crippen LogP contribution in [0.1, 0.15) is 22.2 Å². The number of aryl methyl sites for hydroxylation is 2. The van der Waals surface area contributed by atoms with Crippen molar-refractivity contribution in [1.82, 2.24) is 15.1 Å². The van der Waals surface area contributed by atoms with Crippen molar-refractivity contribution in [2.24, 2.45) is 7.05 Å². The van der Waals surface area contributed by atoms with E-state index in [0.29, 0.717) is 0 Å². The lowest BCUT2D eigenvalue weighted by molar-refractivity contribution is 0.698. The van der Waals surface area contributed by atoms with Gasteiger partial charge in [-0.3, -0.25) is 4.68 Å². The van der Waals surface area contributed by atoms with Crippen LogP contribution >= 0.6 is 11.3 Å². The Morgan fingerprint density at radius 1 is 1.53 bits per heavy atom. The number of hydrogen-bond donors (Lipinski definition) is 1. The Balaban J connectivity index is 2.39. The molecule has 0 radical (unpaired) electrons. The van der Waals surface area contributed by atoms with Gasteiger partial charge in [0.05, 0.1) is 11.7 Å². The third-order valence-corrected chi connectivity index (χ3v) is 3.42. The SMILES string of the molecule is CNC(c1cccs1)c1cn(C)nc1C. The first-order chi connectivity index (χ1) is 7.22. The first-order valence-corrected chi connectivity index (χ1v) is 5.81. The van der Waals surface area contributed by atoms with Crippen LogP contribution in [0.2, 0.25) is 0 Å². The van der Waals surface area contributed by atoms with Gasteiger partial charge in [-0.25, -0.2) is 0 Å². The predicted molar refractivity (Wildman–Crippen MR) is 63.2 cm³/mol. The lowest BCUT2D eigenvalue weighted by Gasteiger charge is -2.13. The number of rotatable bonds is 3. The van der Waals surface area contributed by atoms with Gasteiger partial charge in [-0.1, -0.05) is 6.07 Å². The molecule has 0 aromatic carbocycles. The zero-order chi connectivity index (χ0) is 10.8. The largest absolute Gasteiger partial charge is 0.309 e. The average molecular weight is 221 g/mol. The minimum absolute atomic E-state index is 0.263. The molecule has 4 heteroatoms. The molecule has 2 aromatic heterocycles. The summed E-state index contributed by atoms with van der Waals surface area (Å²) in [6.45, 7) is 2.05. The molecule has 1 atom stereocenters. The number of thiophene rings is 1. The predicted octanol–water partition coefficient (Wildman–Crippen LogP) is 2.10. The summed E-state index contributed by atoms with van der Waals surface area (Å²) in [6, 6.07) is 4.49. The normalized spacial score (nSPS) is 13.0. The molecule has 1 N–H and O–H groups in total. The topological polar surface area (TPSA) is 29.9 Å². The van der Waals surface area contributed by atoms with Gasteiger partial charge in [-0.05, 0) is 25.4 Å². The maximum absolute atomic E-state index is 4.37. The summed E-state index contributed by atoms with van der Waals surface area (Å²) in [5, 5.41) is 9.81. The molecule has 0 bridgehead atoms. The van der Waals surface area contributed by atoms with Crippen molar-refractivity contribution >= 4 is 11.3 Å². The molecule has 2 rings (SSSR count). The lowest BCUT2D eigenvalue weighted by atomic mass is 10.1. The van der Waals surface area contributed by atoms with E-state index in [1.54, 1.807) is 11.3 Å². The average Bonchev–Trinajstić information content (AvgIpc) is 2.79. The van der Waals surface area contributed by atoms with Crippen molar-refractivity contribution in [2.45, 2.75) is 13.0 Å². The maximum Gasteiger partial charge on any atom is 0.0702 e. The number of nitrogens with zero attached hydrogens (tertiary/aromatic N) is 2. The molecule has 0 saturated carbocycles. The van der Waals surface area contributed by atoms with Crippen LogP contribution in [0.3, 0.4) is 0 Å². The van der Waals surface area contributed by atoms with Crippen LogP contribution in [0.25, 0.3) is 0 Å². The zero-order valence-corrected chi connectivity index (χ0v) is 10.0. The molecule has 0 amide bonds. The fourth-order valence-electron chi connectivity index (χ4n) is 1.81. The van der Waals surface area contributed by atoms with Gasteiger partial charge >= 0.3 is 0 Å². The summed E-state index contributed by atoms with van der Waals surface area (Å²) in [7, 11) is 3.94. The Labute approximate surface area is 93.7 Å². The van der Waals surface area contributed by atoms with E-state index in [-0.39, 0.29) is 6.04 Å². The highest BCUT2D eigenvalue weighted by Gasteiger charge is 2.17. The second kappa shape index (κ2) is 4.16. The minimum Gasteiger partial charge on any atom is -0.309 e. The Morgan fingerprint density at radius 2 is 2.33 bits per heavy atom. The summed E-state index contributed by atoms with van der Waals surface area (Å²) in [6.07, 6.45) is 2.08. The van der Waals surface area contributed by atoms with E-state index in [1.165, 1.54) is 10.4 Å². The fourth-order valence-corrected chi connectivity index (χ4v) is 2.66. The third-order valence-electron chi connectivity index (χ3n) is 2.48. The molecule has 0 aliphatic rings. The van der Waals surface area contributed by atoms with E-state index < -0.39 is 0 Å². The van der Waals surface area contributed by atoms with Crippen LogP contribution in [0.4, 0.5) is 0 Å². The van der Waals surface area contributed by atoms with Crippen LogP contribution in [0, 0.1) is 6.92 Å². The minimum atomic E-state index is 0.263.